The number of carbonyl (C=O) groups is 2. The second-order valence-electron chi connectivity index (χ2n) is 13.2. The molecular formula is C33H49FN6O4. The average molecular weight is 613 g/mol. The molecule has 0 unspecified atom stereocenters. The minimum absolute atomic E-state index is 0.0381. The lowest BCUT2D eigenvalue weighted by molar-refractivity contribution is 0.0185. The van der Waals surface area contributed by atoms with Gasteiger partial charge in [-0.2, -0.15) is 0 Å². The number of nitrogens with zero attached hydrogens (tertiary/aromatic N) is 4. The van der Waals surface area contributed by atoms with Crippen LogP contribution in [0.1, 0.15) is 89.9 Å². The summed E-state index contributed by atoms with van der Waals surface area (Å²) < 4.78 is 25.7. The zero-order valence-electron chi connectivity index (χ0n) is 26.9. The molecule has 2 heterocycles. The van der Waals surface area contributed by atoms with E-state index in [4.69, 9.17) is 15.2 Å². The summed E-state index contributed by atoms with van der Waals surface area (Å²) in [5.74, 6) is 1.67. The van der Waals surface area contributed by atoms with E-state index in [1.54, 1.807) is 11.1 Å². The number of piperidine rings is 1. The van der Waals surface area contributed by atoms with Crippen molar-refractivity contribution in [2.75, 3.05) is 31.5 Å². The van der Waals surface area contributed by atoms with Crippen molar-refractivity contribution in [3.05, 3.63) is 42.1 Å². The highest BCUT2D eigenvalue weighted by molar-refractivity contribution is 5.97. The molecule has 0 bridgehead atoms. The number of hydrogen-bond acceptors (Lipinski definition) is 8. The van der Waals surface area contributed by atoms with Gasteiger partial charge in [-0.3, -0.25) is 4.79 Å². The molecule has 1 saturated heterocycles. The van der Waals surface area contributed by atoms with Crippen molar-refractivity contribution >= 4 is 17.8 Å². The topological polar surface area (TPSA) is 123 Å². The van der Waals surface area contributed by atoms with Crippen molar-refractivity contribution < 1.29 is 23.5 Å². The standard InChI is InChI=1S/C33H49FN6O4/c1-6-40(22(2)3)31(41)27-17-25(34)11-12-28(27)43-29-19-36-21-37-30(29)38-26-13-15-39(16-14-26)20-24-9-7-23(8-10-24)18-33(4,5)44-32(35)42/h11-12,17,19,21-24,26H,6-10,13-16,18,20H2,1-5H3,(H2,35,42)(H,36,37,38). The van der Waals surface area contributed by atoms with E-state index >= 15 is 0 Å². The highest BCUT2D eigenvalue weighted by Gasteiger charge is 2.31. The molecule has 1 saturated carbocycles. The summed E-state index contributed by atoms with van der Waals surface area (Å²) in [4.78, 5) is 37.3. The average Bonchev–Trinajstić information content (AvgIpc) is 2.96. The number of primary amides is 1. The monoisotopic (exact) mass is 612 g/mol. The van der Waals surface area contributed by atoms with Crippen LogP contribution in [0.25, 0.3) is 0 Å². The number of nitrogens with two attached hydrogens (primary N) is 1. The SMILES string of the molecule is CCN(C(=O)c1cc(F)ccc1Oc1cncnc1NC1CCN(CC2CCC(CC(C)(C)OC(N)=O)CC2)CC1)C(C)C. The fraction of sp³-hybridized carbons (Fsp3) is 0.636. The highest BCUT2D eigenvalue weighted by Crippen LogP contribution is 2.36. The molecule has 2 fully saturated rings. The van der Waals surface area contributed by atoms with Crippen LogP contribution >= 0.6 is 0 Å². The molecular weight excluding hydrogens is 563 g/mol. The number of ether oxygens (including phenoxy) is 2. The van der Waals surface area contributed by atoms with Gasteiger partial charge in [0.15, 0.2) is 11.6 Å². The lowest BCUT2D eigenvalue weighted by Gasteiger charge is -2.38. The Balaban J connectivity index is 1.30. The number of carbonyl (C=O) groups excluding carboxylic acids is 2. The third kappa shape index (κ3) is 9.27. The lowest BCUT2D eigenvalue weighted by atomic mass is 9.77. The number of aromatic nitrogens is 2. The zero-order chi connectivity index (χ0) is 31.9. The first-order chi connectivity index (χ1) is 20.9. The summed E-state index contributed by atoms with van der Waals surface area (Å²) in [6.45, 7) is 13.2. The predicted octanol–water partition coefficient (Wildman–Crippen LogP) is 6.23. The minimum atomic E-state index is -0.705. The lowest BCUT2D eigenvalue weighted by Crippen LogP contribution is -2.42. The number of anilines is 1. The first kappa shape index (κ1) is 33.4. The Morgan fingerprint density at radius 3 is 2.43 bits per heavy atom. The van der Waals surface area contributed by atoms with E-state index < -0.39 is 17.5 Å². The minimum Gasteiger partial charge on any atom is -0.451 e. The van der Waals surface area contributed by atoms with Gasteiger partial charge in [0, 0.05) is 38.3 Å². The van der Waals surface area contributed by atoms with Crippen molar-refractivity contribution in [2.24, 2.45) is 17.6 Å². The van der Waals surface area contributed by atoms with Crippen LogP contribution < -0.4 is 15.8 Å². The van der Waals surface area contributed by atoms with Gasteiger partial charge in [-0.15, -0.1) is 0 Å². The largest absolute Gasteiger partial charge is 0.451 e. The molecule has 0 radical (unpaired) electrons. The molecule has 44 heavy (non-hydrogen) atoms. The summed E-state index contributed by atoms with van der Waals surface area (Å²) in [7, 11) is 0. The van der Waals surface area contributed by atoms with Gasteiger partial charge in [0.25, 0.3) is 5.91 Å². The van der Waals surface area contributed by atoms with Crippen LogP contribution in [0, 0.1) is 17.7 Å². The van der Waals surface area contributed by atoms with E-state index in [-0.39, 0.29) is 29.3 Å². The van der Waals surface area contributed by atoms with Crippen molar-refractivity contribution in [3.63, 3.8) is 0 Å². The molecule has 2 amide bonds. The number of rotatable bonds is 12. The predicted molar refractivity (Wildman–Crippen MR) is 168 cm³/mol. The van der Waals surface area contributed by atoms with Crippen molar-refractivity contribution in [1.82, 2.24) is 19.8 Å². The summed E-state index contributed by atoms with van der Waals surface area (Å²) in [6, 6.07) is 4.17. The molecule has 0 atom stereocenters. The molecule has 1 aromatic carbocycles. The highest BCUT2D eigenvalue weighted by atomic mass is 19.1. The molecule has 11 heteroatoms. The van der Waals surface area contributed by atoms with Gasteiger partial charge in [-0.25, -0.2) is 19.2 Å². The van der Waals surface area contributed by atoms with Crippen LogP contribution in [-0.2, 0) is 4.74 Å². The Bertz CT molecular complexity index is 1260. The van der Waals surface area contributed by atoms with Crippen LogP contribution in [0.3, 0.4) is 0 Å². The smallest absolute Gasteiger partial charge is 0.405 e. The van der Waals surface area contributed by atoms with Crippen molar-refractivity contribution in [1.29, 1.82) is 0 Å². The quantitative estimate of drug-likeness (QED) is 0.289. The van der Waals surface area contributed by atoms with Crippen LogP contribution in [0.4, 0.5) is 15.0 Å². The molecule has 2 aliphatic rings. The van der Waals surface area contributed by atoms with Crippen LogP contribution in [0.5, 0.6) is 11.5 Å². The number of nitrogens with one attached hydrogen (secondary N) is 1. The maximum absolute atomic E-state index is 14.2. The zero-order valence-corrected chi connectivity index (χ0v) is 26.9. The molecule has 242 valence electrons. The Morgan fingerprint density at radius 2 is 1.80 bits per heavy atom. The van der Waals surface area contributed by atoms with Gasteiger partial charge >= 0.3 is 6.09 Å². The van der Waals surface area contributed by atoms with E-state index in [9.17, 15) is 14.0 Å². The number of hydrogen-bond donors (Lipinski definition) is 2. The Hall–Kier alpha value is -3.47. The maximum atomic E-state index is 14.2. The molecule has 2 aromatic rings. The molecule has 1 aliphatic heterocycles. The fourth-order valence-electron chi connectivity index (χ4n) is 6.72. The van der Waals surface area contributed by atoms with Crippen molar-refractivity contribution in [3.8, 4) is 11.5 Å². The third-order valence-corrected chi connectivity index (χ3v) is 8.86. The first-order valence-corrected chi connectivity index (χ1v) is 16.0. The molecule has 0 spiro atoms. The van der Waals surface area contributed by atoms with Crippen LogP contribution in [-0.4, -0.2) is 75.6 Å². The summed E-state index contributed by atoms with van der Waals surface area (Å²) in [5.41, 5.74) is 4.88. The normalized spacial score (nSPS) is 19.9. The Morgan fingerprint density at radius 1 is 1.11 bits per heavy atom. The van der Waals surface area contributed by atoms with Crippen LogP contribution in [0.15, 0.2) is 30.7 Å². The second kappa shape index (κ2) is 15.0. The van der Waals surface area contributed by atoms with E-state index in [1.165, 1.54) is 37.4 Å². The Kier molecular flexibility index (Phi) is 11.4. The summed E-state index contributed by atoms with van der Waals surface area (Å²) in [6.07, 6.45) is 9.81. The van der Waals surface area contributed by atoms with E-state index in [2.05, 4.69) is 20.2 Å². The second-order valence-corrected chi connectivity index (χ2v) is 13.2. The number of halogens is 1. The number of likely N-dealkylation sites (tertiary alicyclic amines) is 1. The van der Waals surface area contributed by atoms with E-state index in [0.717, 1.165) is 51.7 Å². The van der Waals surface area contributed by atoms with Crippen molar-refractivity contribution in [2.45, 2.75) is 97.2 Å². The van der Waals surface area contributed by atoms with E-state index in [0.29, 0.717) is 29.9 Å². The number of benzene rings is 1. The molecule has 3 N–H and O–H groups in total. The molecule has 1 aromatic heterocycles. The molecule has 10 nitrogen and oxygen atoms in total. The summed E-state index contributed by atoms with van der Waals surface area (Å²) in [5, 5.41) is 3.53. The van der Waals surface area contributed by atoms with Gasteiger partial charge in [0.05, 0.1) is 11.8 Å². The maximum Gasteiger partial charge on any atom is 0.405 e. The van der Waals surface area contributed by atoms with E-state index in [1.807, 2.05) is 34.6 Å². The Labute approximate surface area is 260 Å². The van der Waals surface area contributed by atoms with Gasteiger partial charge < -0.3 is 30.3 Å². The fourth-order valence-corrected chi connectivity index (χ4v) is 6.72. The summed E-state index contributed by atoms with van der Waals surface area (Å²) >= 11 is 0. The third-order valence-electron chi connectivity index (χ3n) is 8.86. The number of amides is 2. The van der Waals surface area contributed by atoms with Gasteiger partial charge in [-0.1, -0.05) is 0 Å². The van der Waals surface area contributed by atoms with Gasteiger partial charge in [-0.05, 0) is 110 Å². The molecule has 4 rings (SSSR count). The van der Waals surface area contributed by atoms with Crippen LogP contribution in [0.2, 0.25) is 0 Å². The molecule has 1 aliphatic carbocycles. The van der Waals surface area contributed by atoms with Gasteiger partial charge in [0.1, 0.15) is 23.5 Å². The van der Waals surface area contributed by atoms with Gasteiger partial charge in [0.2, 0.25) is 0 Å². The first-order valence-electron chi connectivity index (χ1n) is 16.0.